The molecule has 1 fully saturated rings. The molecule has 1 rings (SSSR count). The van der Waals surface area contributed by atoms with Crippen molar-refractivity contribution in [3.8, 4) is 0 Å². The van der Waals surface area contributed by atoms with Crippen molar-refractivity contribution in [3.63, 3.8) is 0 Å². The number of nitrogens with one attached hydrogen (secondary N) is 1. The summed E-state index contributed by atoms with van der Waals surface area (Å²) >= 11 is 0. The number of carbonyl (C=O) groups is 1. The second-order valence-corrected chi connectivity index (χ2v) is 6.81. The van der Waals surface area contributed by atoms with E-state index in [0.717, 1.165) is 32.2 Å². The van der Waals surface area contributed by atoms with Gasteiger partial charge in [-0.3, -0.25) is 4.79 Å². The number of carbonyl (C=O) groups excluding carboxylic acids is 1. The molecule has 1 N–H and O–H groups in total. The van der Waals surface area contributed by atoms with Crippen molar-refractivity contribution in [3.05, 3.63) is 0 Å². The van der Waals surface area contributed by atoms with Crippen molar-refractivity contribution in [1.82, 2.24) is 9.62 Å². The SMILES string of the molecule is CCCN(CC1CCCCN1)S(=O)(=O)CC(=O)OC. The minimum Gasteiger partial charge on any atom is -0.468 e. The van der Waals surface area contributed by atoms with E-state index in [1.165, 1.54) is 11.4 Å². The predicted octanol–water partition coefficient (Wildman–Crippen LogP) is 0.343. The zero-order valence-corrected chi connectivity index (χ0v) is 12.5. The summed E-state index contributed by atoms with van der Waals surface area (Å²) in [7, 11) is -2.38. The third kappa shape index (κ3) is 5.46. The van der Waals surface area contributed by atoms with Crippen LogP contribution in [0.2, 0.25) is 0 Å². The van der Waals surface area contributed by atoms with Crippen molar-refractivity contribution in [2.45, 2.75) is 38.6 Å². The quantitative estimate of drug-likeness (QED) is 0.685. The first-order chi connectivity index (χ1) is 8.99. The standard InChI is InChI=1S/C12H24N2O4S/c1-3-8-14(9-11-6-4-5-7-13-11)19(16,17)10-12(15)18-2/h11,13H,3-10H2,1-2H3. The van der Waals surface area contributed by atoms with Gasteiger partial charge in [0.1, 0.15) is 0 Å². The molecule has 1 unspecified atom stereocenters. The van der Waals surface area contributed by atoms with Crippen LogP contribution in [0.4, 0.5) is 0 Å². The summed E-state index contributed by atoms with van der Waals surface area (Å²) in [5.41, 5.74) is 0. The van der Waals surface area contributed by atoms with E-state index in [1.54, 1.807) is 0 Å². The molecular formula is C12H24N2O4S. The fourth-order valence-electron chi connectivity index (χ4n) is 2.22. The van der Waals surface area contributed by atoms with Gasteiger partial charge in [-0.2, -0.15) is 4.31 Å². The first-order valence-electron chi connectivity index (χ1n) is 6.77. The van der Waals surface area contributed by atoms with Gasteiger partial charge in [-0.1, -0.05) is 13.3 Å². The van der Waals surface area contributed by atoms with E-state index in [4.69, 9.17) is 0 Å². The molecule has 0 spiro atoms. The van der Waals surface area contributed by atoms with Crippen LogP contribution in [0.5, 0.6) is 0 Å². The second kappa shape index (κ2) is 7.81. The molecule has 19 heavy (non-hydrogen) atoms. The van der Waals surface area contributed by atoms with Crippen LogP contribution in [0.3, 0.4) is 0 Å². The third-order valence-electron chi connectivity index (χ3n) is 3.23. The van der Waals surface area contributed by atoms with E-state index < -0.39 is 21.7 Å². The number of hydrogen-bond donors (Lipinski definition) is 1. The fourth-order valence-corrected chi connectivity index (χ4v) is 3.68. The lowest BCUT2D eigenvalue weighted by Gasteiger charge is -2.29. The minimum absolute atomic E-state index is 0.188. The van der Waals surface area contributed by atoms with Crippen molar-refractivity contribution < 1.29 is 17.9 Å². The number of ether oxygens (including phenoxy) is 1. The van der Waals surface area contributed by atoms with Crippen LogP contribution < -0.4 is 5.32 Å². The van der Waals surface area contributed by atoms with Crippen LogP contribution in [-0.4, -0.2) is 57.2 Å². The molecule has 0 aromatic rings. The van der Waals surface area contributed by atoms with Crippen LogP contribution in [0.25, 0.3) is 0 Å². The molecule has 7 heteroatoms. The summed E-state index contributed by atoms with van der Waals surface area (Å²) in [6.45, 7) is 3.74. The van der Waals surface area contributed by atoms with E-state index in [9.17, 15) is 13.2 Å². The molecule has 1 heterocycles. The Hall–Kier alpha value is -0.660. The Morgan fingerprint density at radius 1 is 1.42 bits per heavy atom. The number of nitrogens with zero attached hydrogens (tertiary/aromatic N) is 1. The van der Waals surface area contributed by atoms with Crippen molar-refractivity contribution in [1.29, 1.82) is 0 Å². The Morgan fingerprint density at radius 2 is 2.16 bits per heavy atom. The largest absolute Gasteiger partial charge is 0.468 e. The lowest BCUT2D eigenvalue weighted by molar-refractivity contribution is -0.137. The molecule has 0 radical (unpaired) electrons. The summed E-state index contributed by atoms with van der Waals surface area (Å²) in [5.74, 6) is -1.28. The molecular weight excluding hydrogens is 268 g/mol. The maximum Gasteiger partial charge on any atom is 0.322 e. The summed E-state index contributed by atoms with van der Waals surface area (Å²) < 4.78 is 30.2. The van der Waals surface area contributed by atoms with Gasteiger partial charge in [0.05, 0.1) is 7.11 Å². The van der Waals surface area contributed by atoms with Crippen molar-refractivity contribution in [2.75, 3.05) is 32.5 Å². The van der Waals surface area contributed by atoms with Gasteiger partial charge in [0.2, 0.25) is 10.0 Å². The maximum absolute atomic E-state index is 12.2. The number of piperidine rings is 1. The van der Waals surface area contributed by atoms with E-state index in [1.807, 2.05) is 6.92 Å². The van der Waals surface area contributed by atoms with Crippen molar-refractivity contribution >= 4 is 16.0 Å². The predicted molar refractivity (Wildman–Crippen MR) is 73.3 cm³/mol. The molecule has 1 saturated heterocycles. The van der Waals surface area contributed by atoms with Crippen LogP contribution in [0.15, 0.2) is 0 Å². The van der Waals surface area contributed by atoms with E-state index >= 15 is 0 Å². The fraction of sp³-hybridized carbons (Fsp3) is 0.917. The van der Waals surface area contributed by atoms with Gasteiger partial charge in [-0.05, 0) is 25.8 Å². The van der Waals surface area contributed by atoms with Crippen LogP contribution in [-0.2, 0) is 19.6 Å². The second-order valence-electron chi connectivity index (χ2n) is 4.84. The first kappa shape index (κ1) is 16.4. The van der Waals surface area contributed by atoms with Gasteiger partial charge in [0.15, 0.2) is 5.75 Å². The van der Waals surface area contributed by atoms with Crippen LogP contribution in [0.1, 0.15) is 32.6 Å². The molecule has 1 aliphatic rings. The molecule has 0 aromatic carbocycles. The molecule has 0 aliphatic carbocycles. The van der Waals surface area contributed by atoms with Crippen LogP contribution >= 0.6 is 0 Å². The Kier molecular flexibility index (Phi) is 6.74. The third-order valence-corrected chi connectivity index (χ3v) is 4.95. The smallest absolute Gasteiger partial charge is 0.322 e. The Morgan fingerprint density at radius 3 is 2.68 bits per heavy atom. The number of rotatable bonds is 7. The highest BCUT2D eigenvalue weighted by Crippen LogP contribution is 2.12. The summed E-state index contributed by atoms with van der Waals surface area (Å²) in [5, 5.41) is 3.33. The lowest BCUT2D eigenvalue weighted by atomic mass is 10.1. The van der Waals surface area contributed by atoms with Gasteiger partial charge in [-0.25, -0.2) is 8.42 Å². The Labute approximate surface area is 115 Å². The monoisotopic (exact) mass is 292 g/mol. The highest BCUT2D eigenvalue weighted by atomic mass is 32.2. The topological polar surface area (TPSA) is 75.7 Å². The highest BCUT2D eigenvalue weighted by Gasteiger charge is 2.28. The molecule has 0 aromatic heterocycles. The lowest BCUT2D eigenvalue weighted by Crippen LogP contribution is -2.47. The van der Waals surface area contributed by atoms with Gasteiger partial charge >= 0.3 is 5.97 Å². The van der Waals surface area contributed by atoms with Gasteiger partial charge in [0.25, 0.3) is 0 Å². The number of esters is 1. The van der Waals surface area contributed by atoms with Gasteiger partial charge in [0, 0.05) is 19.1 Å². The number of sulfonamides is 1. The summed E-state index contributed by atoms with van der Waals surface area (Å²) in [6, 6.07) is 0.188. The number of methoxy groups -OCH3 is 1. The molecule has 1 atom stereocenters. The molecule has 1 aliphatic heterocycles. The van der Waals surface area contributed by atoms with E-state index in [-0.39, 0.29) is 6.04 Å². The normalized spacial score (nSPS) is 20.5. The summed E-state index contributed by atoms with van der Waals surface area (Å²) in [4.78, 5) is 11.2. The molecule has 0 amide bonds. The van der Waals surface area contributed by atoms with Gasteiger partial charge in [-0.15, -0.1) is 0 Å². The molecule has 0 saturated carbocycles. The Bertz CT molecular complexity index is 377. The first-order valence-corrected chi connectivity index (χ1v) is 8.38. The van der Waals surface area contributed by atoms with Crippen LogP contribution in [0, 0.1) is 0 Å². The minimum atomic E-state index is -3.58. The van der Waals surface area contributed by atoms with Crippen molar-refractivity contribution in [2.24, 2.45) is 0 Å². The highest BCUT2D eigenvalue weighted by molar-refractivity contribution is 7.89. The molecule has 6 nitrogen and oxygen atoms in total. The zero-order valence-electron chi connectivity index (χ0n) is 11.7. The number of hydrogen-bond acceptors (Lipinski definition) is 5. The average Bonchev–Trinajstić information content (AvgIpc) is 2.39. The Balaban J connectivity index is 2.66. The van der Waals surface area contributed by atoms with E-state index in [2.05, 4.69) is 10.1 Å². The van der Waals surface area contributed by atoms with E-state index in [0.29, 0.717) is 13.1 Å². The zero-order chi connectivity index (χ0) is 14.3. The average molecular weight is 292 g/mol. The molecule has 0 bridgehead atoms. The molecule has 112 valence electrons. The maximum atomic E-state index is 12.2. The van der Waals surface area contributed by atoms with Gasteiger partial charge < -0.3 is 10.1 Å². The summed E-state index contributed by atoms with van der Waals surface area (Å²) in [6.07, 6.45) is 3.97.